The largest absolute Gasteiger partial charge is 0.491 e. The van der Waals surface area contributed by atoms with E-state index in [1.807, 2.05) is 60.7 Å². The predicted molar refractivity (Wildman–Crippen MR) is 125 cm³/mol. The highest BCUT2D eigenvalue weighted by Gasteiger charge is 2.24. The Bertz CT molecular complexity index is 1100. The van der Waals surface area contributed by atoms with Crippen LogP contribution in [-0.2, 0) is 16.0 Å². The van der Waals surface area contributed by atoms with Crippen molar-refractivity contribution in [2.75, 3.05) is 6.61 Å². The summed E-state index contributed by atoms with van der Waals surface area (Å²) in [6.45, 7) is 0.554. The third-order valence-electron chi connectivity index (χ3n) is 4.45. The summed E-state index contributed by atoms with van der Waals surface area (Å²) >= 11 is 7.12. The van der Waals surface area contributed by atoms with E-state index in [4.69, 9.17) is 9.47 Å². The normalized spacial score (nSPS) is 14.5. The van der Waals surface area contributed by atoms with Gasteiger partial charge in [-0.05, 0) is 73.3 Å². The van der Waals surface area contributed by atoms with Crippen molar-refractivity contribution in [1.82, 2.24) is 0 Å². The van der Waals surface area contributed by atoms with Crippen LogP contribution < -0.4 is 4.74 Å². The molecule has 3 aromatic carbocycles. The van der Waals surface area contributed by atoms with Gasteiger partial charge in [0.25, 0.3) is 0 Å². The van der Waals surface area contributed by atoms with Crippen molar-refractivity contribution in [3.63, 3.8) is 0 Å². The summed E-state index contributed by atoms with van der Waals surface area (Å²) in [6.07, 6.45) is 2.51. The maximum absolute atomic E-state index is 12.2. The minimum atomic E-state index is -0.468. The Morgan fingerprint density at radius 3 is 2.23 bits per heavy atom. The van der Waals surface area contributed by atoms with E-state index >= 15 is 0 Å². The van der Waals surface area contributed by atoms with Crippen molar-refractivity contribution in [1.29, 1.82) is 0 Å². The Morgan fingerprint density at radius 1 is 0.933 bits per heavy atom. The number of halogens is 2. The van der Waals surface area contributed by atoms with E-state index in [-0.39, 0.29) is 5.70 Å². The van der Waals surface area contributed by atoms with E-state index in [0.717, 1.165) is 32.2 Å². The fraction of sp³-hybridized carbons (Fsp3) is 0.0833. The van der Waals surface area contributed by atoms with Gasteiger partial charge in [-0.15, -0.1) is 0 Å². The maximum atomic E-state index is 12.2. The molecule has 6 heteroatoms. The summed E-state index contributed by atoms with van der Waals surface area (Å²) in [6, 6.07) is 23.3. The molecule has 0 aromatic heterocycles. The predicted octanol–water partition coefficient (Wildman–Crippen LogP) is 6.18. The van der Waals surface area contributed by atoms with Crippen LogP contribution in [0.2, 0.25) is 0 Å². The molecule has 0 fully saturated rings. The van der Waals surface area contributed by atoms with E-state index in [0.29, 0.717) is 12.5 Å². The average molecular weight is 527 g/mol. The van der Waals surface area contributed by atoms with Gasteiger partial charge in [0.1, 0.15) is 5.75 Å². The van der Waals surface area contributed by atoms with E-state index in [9.17, 15) is 4.79 Å². The smallest absolute Gasteiger partial charge is 0.363 e. The van der Waals surface area contributed by atoms with Crippen LogP contribution in [0.4, 0.5) is 0 Å². The van der Waals surface area contributed by atoms with Crippen LogP contribution >= 0.6 is 31.9 Å². The number of rotatable bonds is 6. The molecular formula is C24H17Br2NO3. The molecule has 0 radical (unpaired) electrons. The van der Waals surface area contributed by atoms with Crippen molar-refractivity contribution in [2.24, 2.45) is 4.99 Å². The van der Waals surface area contributed by atoms with Crippen LogP contribution in [0.25, 0.3) is 6.08 Å². The van der Waals surface area contributed by atoms with Crippen LogP contribution in [0.3, 0.4) is 0 Å². The third-order valence-corrected chi connectivity index (χ3v) is 5.62. The molecule has 0 aliphatic carbocycles. The van der Waals surface area contributed by atoms with Gasteiger partial charge in [-0.25, -0.2) is 9.79 Å². The van der Waals surface area contributed by atoms with Crippen LogP contribution in [0, 0.1) is 0 Å². The molecule has 0 spiro atoms. The first-order chi connectivity index (χ1) is 14.6. The second-order valence-corrected chi connectivity index (χ2v) is 8.31. The number of benzene rings is 3. The first-order valence-electron chi connectivity index (χ1n) is 9.34. The van der Waals surface area contributed by atoms with Gasteiger partial charge < -0.3 is 9.47 Å². The standard InChI is InChI=1S/C24H17Br2NO3/c25-19-13-17(14-20(26)22(19)29-12-11-16-7-3-1-4-8-16)15-21-24(28)30-23(27-21)18-9-5-2-6-10-18/h1-10,13-15H,11-12H2/b21-15-. The van der Waals surface area contributed by atoms with Gasteiger partial charge in [-0.1, -0.05) is 48.5 Å². The molecule has 0 bridgehead atoms. The lowest BCUT2D eigenvalue weighted by Crippen LogP contribution is -2.05. The minimum absolute atomic E-state index is 0.255. The first kappa shape index (κ1) is 20.6. The molecule has 1 heterocycles. The molecule has 0 atom stereocenters. The first-order valence-corrected chi connectivity index (χ1v) is 10.9. The Morgan fingerprint density at radius 2 is 1.57 bits per heavy atom. The Labute approximate surface area is 191 Å². The van der Waals surface area contributed by atoms with E-state index in [2.05, 4.69) is 49.0 Å². The molecule has 4 rings (SSSR count). The summed E-state index contributed by atoms with van der Waals surface area (Å²) in [5, 5.41) is 0. The van der Waals surface area contributed by atoms with E-state index in [1.165, 1.54) is 5.56 Å². The molecule has 1 aliphatic rings. The number of cyclic esters (lactones) is 1. The molecule has 0 amide bonds. The molecule has 1 aliphatic heterocycles. The van der Waals surface area contributed by atoms with Crippen molar-refractivity contribution < 1.29 is 14.3 Å². The van der Waals surface area contributed by atoms with Crippen LogP contribution in [-0.4, -0.2) is 18.5 Å². The van der Waals surface area contributed by atoms with Gasteiger partial charge in [0.05, 0.1) is 15.6 Å². The number of nitrogens with zero attached hydrogens (tertiary/aromatic N) is 1. The van der Waals surface area contributed by atoms with Gasteiger partial charge in [0.15, 0.2) is 5.70 Å². The average Bonchev–Trinajstić information content (AvgIpc) is 3.12. The lowest BCUT2D eigenvalue weighted by Gasteiger charge is -2.11. The molecule has 0 saturated heterocycles. The van der Waals surface area contributed by atoms with Crippen LogP contribution in [0.1, 0.15) is 16.7 Å². The topological polar surface area (TPSA) is 47.9 Å². The van der Waals surface area contributed by atoms with Gasteiger partial charge in [0.2, 0.25) is 5.90 Å². The molecule has 150 valence electrons. The van der Waals surface area contributed by atoms with E-state index in [1.54, 1.807) is 6.08 Å². The lowest BCUT2D eigenvalue weighted by atomic mass is 10.1. The fourth-order valence-electron chi connectivity index (χ4n) is 2.99. The lowest BCUT2D eigenvalue weighted by molar-refractivity contribution is -0.129. The molecule has 3 aromatic rings. The van der Waals surface area contributed by atoms with Gasteiger partial charge in [0, 0.05) is 12.0 Å². The fourth-order valence-corrected chi connectivity index (χ4v) is 4.44. The minimum Gasteiger partial charge on any atom is -0.491 e. The Kier molecular flexibility index (Phi) is 6.45. The zero-order valence-electron chi connectivity index (χ0n) is 15.8. The maximum Gasteiger partial charge on any atom is 0.363 e. The summed E-state index contributed by atoms with van der Waals surface area (Å²) < 4.78 is 12.8. The SMILES string of the molecule is O=C1OC(c2ccccc2)=N/C1=C\c1cc(Br)c(OCCc2ccccc2)c(Br)c1. The number of aliphatic imine (C=N–C) groups is 1. The third kappa shape index (κ3) is 4.89. The van der Waals surface area contributed by atoms with Crippen molar-refractivity contribution in [2.45, 2.75) is 6.42 Å². The highest BCUT2D eigenvalue weighted by atomic mass is 79.9. The molecule has 0 unspecified atom stereocenters. The Hall–Kier alpha value is -2.70. The second-order valence-electron chi connectivity index (χ2n) is 6.60. The van der Waals surface area contributed by atoms with Crippen molar-refractivity contribution in [3.8, 4) is 5.75 Å². The zero-order valence-corrected chi connectivity index (χ0v) is 19.0. The van der Waals surface area contributed by atoms with Crippen molar-refractivity contribution in [3.05, 3.63) is 104 Å². The molecule has 30 heavy (non-hydrogen) atoms. The number of hydrogen-bond donors (Lipinski definition) is 0. The number of ether oxygens (including phenoxy) is 2. The highest BCUT2D eigenvalue weighted by Crippen LogP contribution is 2.36. The van der Waals surface area contributed by atoms with Gasteiger partial charge in [-0.2, -0.15) is 0 Å². The van der Waals surface area contributed by atoms with Crippen LogP contribution in [0.15, 0.2) is 92.4 Å². The van der Waals surface area contributed by atoms with Crippen LogP contribution in [0.5, 0.6) is 5.75 Å². The van der Waals surface area contributed by atoms with Gasteiger partial charge in [-0.3, -0.25) is 0 Å². The second kappa shape index (κ2) is 9.41. The highest BCUT2D eigenvalue weighted by molar-refractivity contribution is 9.11. The summed E-state index contributed by atoms with van der Waals surface area (Å²) in [5.41, 5.74) is 3.04. The summed E-state index contributed by atoms with van der Waals surface area (Å²) in [5.74, 6) is 0.561. The number of hydrogen-bond acceptors (Lipinski definition) is 4. The van der Waals surface area contributed by atoms with Crippen molar-refractivity contribution >= 4 is 49.8 Å². The molecular weight excluding hydrogens is 510 g/mol. The van der Waals surface area contributed by atoms with Gasteiger partial charge >= 0.3 is 5.97 Å². The molecule has 0 N–H and O–H groups in total. The number of carbonyl (C=O) groups is 1. The zero-order chi connectivity index (χ0) is 20.9. The summed E-state index contributed by atoms with van der Waals surface area (Å²) in [7, 11) is 0. The molecule has 4 nitrogen and oxygen atoms in total. The van der Waals surface area contributed by atoms with E-state index < -0.39 is 5.97 Å². The quantitative estimate of drug-likeness (QED) is 0.285. The molecule has 0 saturated carbocycles. The number of carbonyl (C=O) groups excluding carboxylic acids is 1. The monoisotopic (exact) mass is 525 g/mol. The number of esters is 1. The summed E-state index contributed by atoms with van der Waals surface area (Å²) in [4.78, 5) is 16.6. The Balaban J connectivity index is 1.50.